The van der Waals surface area contributed by atoms with Crippen molar-refractivity contribution >= 4 is 27.4 Å². The average molecular weight is 265 g/mol. The Kier molecular flexibility index (Phi) is 4.30. The van der Waals surface area contributed by atoms with E-state index in [0.29, 0.717) is 24.4 Å². The van der Waals surface area contributed by atoms with Crippen molar-refractivity contribution in [3.05, 3.63) is 34.7 Å². The molecule has 0 amide bonds. The van der Waals surface area contributed by atoms with E-state index in [1.54, 1.807) is 0 Å². The number of carbonyl (C=O) groups is 1. The second kappa shape index (κ2) is 5.95. The lowest BCUT2D eigenvalue weighted by atomic mass is 10.1. The average Bonchev–Trinajstić information content (AvgIpc) is 2.74. The van der Waals surface area contributed by atoms with Crippen LogP contribution in [0, 0.1) is 0 Å². The molecule has 0 fully saturated rings. The van der Waals surface area contributed by atoms with Gasteiger partial charge in [0.05, 0.1) is 0 Å². The fourth-order valence-corrected chi connectivity index (χ4v) is 2.92. The van der Waals surface area contributed by atoms with E-state index in [1.165, 1.54) is 11.3 Å². The summed E-state index contributed by atoms with van der Waals surface area (Å²) >= 11 is 1.31. The van der Waals surface area contributed by atoms with Gasteiger partial charge in [0, 0.05) is 17.9 Å². The van der Waals surface area contributed by atoms with Crippen LogP contribution in [0.5, 0.6) is 0 Å². The summed E-state index contributed by atoms with van der Waals surface area (Å²) in [4.78, 5) is 11.6. The number of fused-ring (bicyclic) bond motifs is 1. The Morgan fingerprint density at radius 3 is 2.83 bits per heavy atom. The molecule has 1 heterocycles. The molecule has 1 aromatic heterocycles. The normalized spacial score (nSPS) is 10.9. The minimum Gasteiger partial charge on any atom is -0.477 e. The maximum Gasteiger partial charge on any atom is 0.346 e. The first-order valence-electron chi connectivity index (χ1n) is 5.79. The molecule has 0 bridgehead atoms. The summed E-state index contributed by atoms with van der Waals surface area (Å²) in [7, 11) is 0. The summed E-state index contributed by atoms with van der Waals surface area (Å²) in [5.74, 6) is -0.879. The van der Waals surface area contributed by atoms with E-state index in [2.05, 4.69) is 5.32 Å². The molecule has 18 heavy (non-hydrogen) atoms. The first-order valence-corrected chi connectivity index (χ1v) is 6.61. The van der Waals surface area contributed by atoms with Gasteiger partial charge in [-0.25, -0.2) is 4.79 Å². The van der Waals surface area contributed by atoms with E-state index >= 15 is 0 Å². The molecule has 4 nitrogen and oxygen atoms in total. The third kappa shape index (κ3) is 2.69. The van der Waals surface area contributed by atoms with Gasteiger partial charge in [0.25, 0.3) is 0 Å². The third-order valence-electron chi connectivity index (χ3n) is 2.71. The molecule has 0 spiro atoms. The number of aliphatic hydroxyl groups excluding tert-OH is 1. The van der Waals surface area contributed by atoms with Gasteiger partial charge in [0.1, 0.15) is 4.88 Å². The molecule has 96 valence electrons. The maximum absolute atomic E-state index is 11.2. The van der Waals surface area contributed by atoms with Crippen molar-refractivity contribution in [2.24, 2.45) is 0 Å². The molecule has 3 N–H and O–H groups in total. The van der Waals surface area contributed by atoms with Crippen molar-refractivity contribution in [3.63, 3.8) is 0 Å². The minimum atomic E-state index is -0.879. The second-order valence-corrected chi connectivity index (χ2v) is 5.02. The summed E-state index contributed by atoms with van der Waals surface area (Å²) in [6.07, 6.45) is 0.671. The number of aromatic carboxylic acids is 1. The van der Waals surface area contributed by atoms with Gasteiger partial charge in [-0.15, -0.1) is 11.3 Å². The molecule has 0 saturated heterocycles. The highest BCUT2D eigenvalue weighted by molar-refractivity contribution is 7.21. The molecule has 0 aliphatic rings. The molecule has 0 aliphatic heterocycles. The minimum absolute atomic E-state index is 0.142. The smallest absolute Gasteiger partial charge is 0.346 e. The number of thiophene rings is 1. The Morgan fingerprint density at radius 2 is 2.11 bits per heavy atom. The lowest BCUT2D eigenvalue weighted by molar-refractivity contribution is 0.0701. The van der Waals surface area contributed by atoms with E-state index in [4.69, 9.17) is 5.11 Å². The Morgan fingerprint density at radius 1 is 1.33 bits per heavy atom. The van der Waals surface area contributed by atoms with Gasteiger partial charge in [0.15, 0.2) is 0 Å². The Balaban J connectivity index is 2.27. The predicted molar refractivity (Wildman–Crippen MR) is 72.2 cm³/mol. The van der Waals surface area contributed by atoms with E-state index in [0.717, 1.165) is 15.6 Å². The van der Waals surface area contributed by atoms with Crippen molar-refractivity contribution in [3.8, 4) is 0 Å². The molecule has 5 heteroatoms. The van der Waals surface area contributed by atoms with Crippen molar-refractivity contribution in [1.29, 1.82) is 0 Å². The molecule has 0 radical (unpaired) electrons. The van der Waals surface area contributed by atoms with E-state index < -0.39 is 5.97 Å². The Hall–Kier alpha value is -1.43. The summed E-state index contributed by atoms with van der Waals surface area (Å²) in [6, 6.07) is 7.70. The number of hydrogen-bond acceptors (Lipinski definition) is 4. The van der Waals surface area contributed by atoms with Gasteiger partial charge in [-0.3, -0.25) is 0 Å². The summed E-state index contributed by atoms with van der Waals surface area (Å²) in [5.41, 5.74) is 0.834. The number of carboxylic acid groups (broad SMARTS) is 1. The van der Waals surface area contributed by atoms with Crippen molar-refractivity contribution in [2.45, 2.75) is 13.0 Å². The Labute approximate surface area is 109 Å². The summed E-state index contributed by atoms with van der Waals surface area (Å²) < 4.78 is 0.994. The lowest BCUT2D eigenvalue weighted by Gasteiger charge is -2.04. The Bertz CT molecular complexity index is 550. The van der Waals surface area contributed by atoms with E-state index in [-0.39, 0.29) is 6.61 Å². The zero-order valence-electron chi connectivity index (χ0n) is 9.85. The van der Waals surface area contributed by atoms with Crippen LogP contribution in [0.25, 0.3) is 10.1 Å². The van der Waals surface area contributed by atoms with Crippen LogP contribution in [0.1, 0.15) is 21.7 Å². The summed E-state index contributed by atoms with van der Waals surface area (Å²) in [6.45, 7) is 1.34. The van der Waals surface area contributed by atoms with Gasteiger partial charge in [-0.1, -0.05) is 18.2 Å². The number of benzene rings is 1. The number of aliphatic hydroxyl groups is 1. The maximum atomic E-state index is 11.2. The number of hydrogen-bond donors (Lipinski definition) is 3. The van der Waals surface area contributed by atoms with Crippen molar-refractivity contribution < 1.29 is 15.0 Å². The molecule has 0 aliphatic carbocycles. The van der Waals surface area contributed by atoms with Crippen molar-refractivity contribution in [1.82, 2.24) is 5.32 Å². The van der Waals surface area contributed by atoms with Crippen LogP contribution >= 0.6 is 11.3 Å². The second-order valence-electron chi connectivity index (χ2n) is 3.96. The SMILES string of the molecule is O=C(O)c1sc2ccccc2c1CNCCCO. The molecule has 1 aromatic carbocycles. The molecule has 0 atom stereocenters. The van der Waals surface area contributed by atoms with Gasteiger partial charge in [-0.05, 0) is 30.0 Å². The summed E-state index contributed by atoms with van der Waals surface area (Å²) in [5, 5.41) is 22.1. The van der Waals surface area contributed by atoms with Gasteiger partial charge < -0.3 is 15.5 Å². The third-order valence-corrected chi connectivity index (χ3v) is 3.91. The highest BCUT2D eigenvalue weighted by atomic mass is 32.1. The molecular weight excluding hydrogens is 250 g/mol. The zero-order chi connectivity index (χ0) is 13.0. The van der Waals surface area contributed by atoms with Crippen LogP contribution in [0.15, 0.2) is 24.3 Å². The fourth-order valence-electron chi connectivity index (χ4n) is 1.86. The van der Waals surface area contributed by atoms with Crippen LogP contribution in [0.3, 0.4) is 0 Å². The zero-order valence-corrected chi connectivity index (χ0v) is 10.7. The molecule has 2 aromatic rings. The molecule has 2 rings (SSSR count). The highest BCUT2D eigenvalue weighted by Gasteiger charge is 2.16. The van der Waals surface area contributed by atoms with Crippen LogP contribution in [0.4, 0.5) is 0 Å². The number of nitrogens with one attached hydrogen (secondary N) is 1. The number of rotatable bonds is 6. The first kappa shape index (κ1) is 13.0. The van der Waals surface area contributed by atoms with Crippen molar-refractivity contribution in [2.75, 3.05) is 13.2 Å². The van der Waals surface area contributed by atoms with Crippen LogP contribution < -0.4 is 5.32 Å². The van der Waals surface area contributed by atoms with Gasteiger partial charge >= 0.3 is 5.97 Å². The number of carboxylic acids is 1. The van der Waals surface area contributed by atoms with Crippen LogP contribution in [-0.2, 0) is 6.54 Å². The fraction of sp³-hybridized carbons (Fsp3) is 0.308. The lowest BCUT2D eigenvalue weighted by Crippen LogP contribution is -2.17. The highest BCUT2D eigenvalue weighted by Crippen LogP contribution is 2.31. The van der Waals surface area contributed by atoms with Crippen LogP contribution in [-0.4, -0.2) is 29.3 Å². The van der Waals surface area contributed by atoms with Gasteiger partial charge in [-0.2, -0.15) is 0 Å². The largest absolute Gasteiger partial charge is 0.477 e. The topological polar surface area (TPSA) is 69.6 Å². The van der Waals surface area contributed by atoms with E-state index in [9.17, 15) is 9.90 Å². The predicted octanol–water partition coefficient (Wildman–Crippen LogP) is 2.07. The van der Waals surface area contributed by atoms with E-state index in [1.807, 2.05) is 24.3 Å². The first-order chi connectivity index (χ1) is 8.74. The monoisotopic (exact) mass is 265 g/mol. The molecular formula is C13H15NO3S. The quantitative estimate of drug-likeness (QED) is 0.699. The standard InChI is InChI=1S/C13H15NO3S/c15-7-3-6-14-8-10-9-4-1-2-5-11(9)18-12(10)13(16)17/h1-2,4-5,14-15H,3,6-8H2,(H,16,17). The molecule has 0 saturated carbocycles. The molecule has 0 unspecified atom stereocenters. The van der Waals surface area contributed by atoms with Crippen LogP contribution in [0.2, 0.25) is 0 Å². The van der Waals surface area contributed by atoms with Gasteiger partial charge in [0.2, 0.25) is 0 Å².